The number of nitrogens with one attached hydrogen (secondary N) is 1. The van der Waals surface area contributed by atoms with Crippen molar-refractivity contribution in [1.29, 1.82) is 0 Å². The van der Waals surface area contributed by atoms with Crippen molar-refractivity contribution in [1.82, 2.24) is 5.32 Å². The van der Waals surface area contributed by atoms with Crippen molar-refractivity contribution >= 4 is 11.6 Å². The fraction of sp³-hybridized carbons (Fsp3) is 0.368. The van der Waals surface area contributed by atoms with E-state index < -0.39 is 0 Å². The molecule has 0 bridgehead atoms. The summed E-state index contributed by atoms with van der Waals surface area (Å²) in [7, 11) is 0. The van der Waals surface area contributed by atoms with E-state index in [4.69, 9.17) is 11.6 Å². The summed E-state index contributed by atoms with van der Waals surface area (Å²) in [4.78, 5) is 0. The normalized spacial score (nSPS) is 12.3. The summed E-state index contributed by atoms with van der Waals surface area (Å²) in [6.45, 7) is 5.34. The number of rotatable bonds is 7. The highest BCUT2D eigenvalue weighted by Gasteiger charge is 2.12. The number of aryl methyl sites for hydroxylation is 1. The summed E-state index contributed by atoms with van der Waals surface area (Å²) >= 11 is 6.10. The van der Waals surface area contributed by atoms with Gasteiger partial charge in [-0.2, -0.15) is 0 Å². The van der Waals surface area contributed by atoms with Crippen LogP contribution in [0.2, 0.25) is 5.02 Å². The fourth-order valence-corrected chi connectivity index (χ4v) is 2.92. The first kappa shape index (κ1) is 16.1. The van der Waals surface area contributed by atoms with Gasteiger partial charge < -0.3 is 5.32 Å². The van der Waals surface area contributed by atoms with E-state index in [9.17, 15) is 0 Å². The van der Waals surface area contributed by atoms with Gasteiger partial charge in [-0.1, -0.05) is 68.3 Å². The zero-order valence-corrected chi connectivity index (χ0v) is 13.7. The van der Waals surface area contributed by atoms with Gasteiger partial charge in [-0.05, 0) is 48.2 Å². The van der Waals surface area contributed by atoms with Crippen molar-refractivity contribution in [3.63, 3.8) is 0 Å². The third-order valence-corrected chi connectivity index (χ3v) is 3.91. The molecule has 0 radical (unpaired) electrons. The molecule has 0 saturated heterocycles. The molecule has 0 heterocycles. The predicted octanol–water partition coefficient (Wildman–Crippen LogP) is 5.19. The molecule has 2 aromatic carbocycles. The minimum atomic E-state index is 0.338. The van der Waals surface area contributed by atoms with Crippen molar-refractivity contribution in [3.8, 4) is 0 Å². The monoisotopic (exact) mass is 301 g/mol. The van der Waals surface area contributed by atoms with Gasteiger partial charge in [0.2, 0.25) is 0 Å². The molecule has 0 aliphatic carbocycles. The summed E-state index contributed by atoms with van der Waals surface area (Å²) in [5.41, 5.74) is 4.06. The molecule has 0 aliphatic heterocycles. The topological polar surface area (TPSA) is 12.0 Å². The largest absolute Gasteiger partial charge is 0.310 e. The highest BCUT2D eigenvalue weighted by atomic mass is 35.5. The highest BCUT2D eigenvalue weighted by Crippen LogP contribution is 2.22. The fourth-order valence-electron chi connectivity index (χ4n) is 2.71. The Labute approximate surface area is 133 Å². The van der Waals surface area contributed by atoms with E-state index in [1.165, 1.54) is 23.1 Å². The lowest BCUT2D eigenvalue weighted by molar-refractivity contribution is 0.549. The molecule has 1 nitrogen and oxygen atoms in total. The lowest BCUT2D eigenvalue weighted by Gasteiger charge is -2.19. The zero-order valence-electron chi connectivity index (χ0n) is 12.9. The molecule has 0 spiro atoms. The minimum Gasteiger partial charge on any atom is -0.310 e. The Balaban J connectivity index is 2.19. The first-order chi connectivity index (χ1) is 10.2. The van der Waals surface area contributed by atoms with Gasteiger partial charge in [-0.25, -0.2) is 0 Å². The van der Waals surface area contributed by atoms with Gasteiger partial charge in [-0.3, -0.25) is 0 Å². The average Bonchev–Trinajstić information content (AvgIpc) is 2.47. The van der Waals surface area contributed by atoms with Crippen LogP contribution in [0, 0.1) is 0 Å². The van der Waals surface area contributed by atoms with Gasteiger partial charge in [-0.15, -0.1) is 0 Å². The maximum absolute atomic E-state index is 6.10. The first-order valence-electron chi connectivity index (χ1n) is 7.79. The van der Waals surface area contributed by atoms with Crippen molar-refractivity contribution in [2.24, 2.45) is 0 Å². The molecule has 0 aromatic heterocycles. The first-order valence-corrected chi connectivity index (χ1v) is 8.17. The molecular formula is C19H24ClN. The molecule has 1 unspecified atom stereocenters. The van der Waals surface area contributed by atoms with Crippen LogP contribution in [0.5, 0.6) is 0 Å². The van der Waals surface area contributed by atoms with Crippen LogP contribution >= 0.6 is 11.6 Å². The maximum atomic E-state index is 6.10. The molecule has 0 amide bonds. The molecule has 21 heavy (non-hydrogen) atoms. The number of benzene rings is 2. The molecule has 0 aliphatic rings. The lowest BCUT2D eigenvalue weighted by Crippen LogP contribution is -2.23. The van der Waals surface area contributed by atoms with Gasteiger partial charge in [0.15, 0.2) is 0 Å². The Bertz CT molecular complexity index is 565. The van der Waals surface area contributed by atoms with Crippen LogP contribution in [-0.2, 0) is 12.8 Å². The molecule has 1 N–H and O–H groups in total. The molecule has 2 heteroatoms. The predicted molar refractivity (Wildman–Crippen MR) is 92.0 cm³/mol. The second-order valence-electron chi connectivity index (χ2n) is 5.44. The Morgan fingerprint density at radius 1 is 1.00 bits per heavy atom. The van der Waals surface area contributed by atoms with Gasteiger partial charge in [0.25, 0.3) is 0 Å². The Hall–Kier alpha value is -1.31. The van der Waals surface area contributed by atoms with Crippen molar-refractivity contribution < 1.29 is 0 Å². The van der Waals surface area contributed by atoms with E-state index in [0.717, 1.165) is 24.4 Å². The van der Waals surface area contributed by atoms with Crippen molar-refractivity contribution in [2.75, 3.05) is 6.54 Å². The van der Waals surface area contributed by atoms with Crippen molar-refractivity contribution in [2.45, 2.75) is 39.2 Å². The minimum absolute atomic E-state index is 0.338. The SMILES string of the molecule is CCCc1cccc(C(Cc2cccc(Cl)c2)NCC)c1. The third-order valence-electron chi connectivity index (χ3n) is 3.67. The van der Waals surface area contributed by atoms with Crippen LogP contribution < -0.4 is 5.32 Å². The summed E-state index contributed by atoms with van der Waals surface area (Å²) in [6.07, 6.45) is 3.29. The van der Waals surface area contributed by atoms with Crippen LogP contribution in [0.25, 0.3) is 0 Å². The van der Waals surface area contributed by atoms with Crippen LogP contribution in [0.4, 0.5) is 0 Å². The van der Waals surface area contributed by atoms with Crippen LogP contribution in [0.15, 0.2) is 48.5 Å². The molecule has 2 rings (SSSR count). The summed E-state index contributed by atoms with van der Waals surface area (Å²) < 4.78 is 0. The van der Waals surface area contributed by atoms with E-state index in [1.807, 2.05) is 12.1 Å². The maximum Gasteiger partial charge on any atom is 0.0408 e. The molecule has 112 valence electrons. The second kappa shape index (κ2) is 8.21. The van der Waals surface area contributed by atoms with E-state index in [1.54, 1.807) is 0 Å². The van der Waals surface area contributed by atoms with Crippen molar-refractivity contribution in [3.05, 3.63) is 70.2 Å². The Kier molecular flexibility index (Phi) is 6.28. The van der Waals surface area contributed by atoms with Gasteiger partial charge in [0, 0.05) is 11.1 Å². The number of hydrogen-bond donors (Lipinski definition) is 1. The van der Waals surface area contributed by atoms with Crippen LogP contribution in [0.1, 0.15) is 43.0 Å². The van der Waals surface area contributed by atoms with E-state index >= 15 is 0 Å². The molecule has 2 aromatic rings. The van der Waals surface area contributed by atoms with Gasteiger partial charge >= 0.3 is 0 Å². The third kappa shape index (κ3) is 4.87. The number of halogens is 1. The number of hydrogen-bond acceptors (Lipinski definition) is 1. The van der Waals surface area contributed by atoms with E-state index in [2.05, 4.69) is 55.6 Å². The quantitative estimate of drug-likeness (QED) is 0.742. The standard InChI is InChI=1S/C19H24ClN/c1-3-7-15-8-5-10-17(12-15)19(21-4-2)14-16-9-6-11-18(20)13-16/h5-6,8-13,19,21H,3-4,7,14H2,1-2H3. The van der Waals surface area contributed by atoms with Crippen LogP contribution in [0.3, 0.4) is 0 Å². The number of likely N-dealkylation sites (N-methyl/N-ethyl adjacent to an activating group) is 1. The molecule has 0 fully saturated rings. The van der Waals surface area contributed by atoms with Gasteiger partial charge in [0.1, 0.15) is 0 Å². The Morgan fingerprint density at radius 2 is 1.76 bits per heavy atom. The summed E-state index contributed by atoms with van der Waals surface area (Å²) in [5, 5.41) is 4.40. The summed E-state index contributed by atoms with van der Waals surface area (Å²) in [5.74, 6) is 0. The molecule has 1 atom stereocenters. The van der Waals surface area contributed by atoms with E-state index in [0.29, 0.717) is 6.04 Å². The highest BCUT2D eigenvalue weighted by molar-refractivity contribution is 6.30. The molecule has 0 saturated carbocycles. The van der Waals surface area contributed by atoms with Crippen LogP contribution in [-0.4, -0.2) is 6.54 Å². The second-order valence-corrected chi connectivity index (χ2v) is 5.88. The lowest BCUT2D eigenvalue weighted by atomic mass is 9.96. The molecular weight excluding hydrogens is 278 g/mol. The average molecular weight is 302 g/mol. The zero-order chi connectivity index (χ0) is 15.1. The Morgan fingerprint density at radius 3 is 2.48 bits per heavy atom. The van der Waals surface area contributed by atoms with E-state index in [-0.39, 0.29) is 0 Å². The van der Waals surface area contributed by atoms with Gasteiger partial charge in [0.05, 0.1) is 0 Å². The summed E-state index contributed by atoms with van der Waals surface area (Å²) in [6, 6.07) is 17.4. The smallest absolute Gasteiger partial charge is 0.0408 e.